The molecule has 1 aliphatic rings. The molecule has 0 aliphatic carbocycles. The molecule has 0 radical (unpaired) electrons. The molecule has 4 nitrogen and oxygen atoms in total. The number of aryl methyl sites for hydroxylation is 1. The van der Waals surface area contributed by atoms with Gasteiger partial charge >= 0.3 is 5.97 Å². The number of carboxylic acid groups (broad SMARTS) is 1. The lowest BCUT2D eigenvalue weighted by molar-refractivity contribution is -0.138. The van der Waals surface area contributed by atoms with Crippen LogP contribution in [0.15, 0.2) is 5.38 Å². The number of carboxylic acids is 1. The molecule has 1 aromatic rings. The Kier molecular flexibility index (Phi) is 4.42. The Bertz CT molecular complexity index is 395. The Morgan fingerprint density at radius 3 is 3.18 bits per heavy atom. The molecule has 1 unspecified atom stereocenters. The molecule has 1 N–H and O–H groups in total. The third-order valence-electron chi connectivity index (χ3n) is 2.76. The highest BCUT2D eigenvalue weighted by Gasteiger charge is 2.25. The molecule has 1 saturated heterocycles. The number of thiazole rings is 1. The standard InChI is InChI=1S/C11H16N2O2S2/c1-8-6-17-10(12-8)5-13-2-3-16-7-9(13)4-11(14)15/h6,9H,2-5,7H2,1H3,(H,14,15). The van der Waals surface area contributed by atoms with Gasteiger partial charge in [0.05, 0.1) is 13.0 Å². The zero-order valence-electron chi connectivity index (χ0n) is 9.76. The van der Waals surface area contributed by atoms with Crippen LogP contribution in [0.25, 0.3) is 0 Å². The number of nitrogens with zero attached hydrogens (tertiary/aromatic N) is 2. The highest BCUT2D eigenvalue weighted by Crippen LogP contribution is 2.22. The fraction of sp³-hybridized carbons (Fsp3) is 0.636. The van der Waals surface area contributed by atoms with Gasteiger partial charge in [-0.25, -0.2) is 4.98 Å². The number of hydrogen-bond acceptors (Lipinski definition) is 5. The Labute approximate surface area is 109 Å². The van der Waals surface area contributed by atoms with Crippen molar-refractivity contribution in [2.45, 2.75) is 25.9 Å². The van der Waals surface area contributed by atoms with Gasteiger partial charge in [0.1, 0.15) is 5.01 Å². The highest BCUT2D eigenvalue weighted by molar-refractivity contribution is 7.99. The zero-order valence-corrected chi connectivity index (χ0v) is 11.4. The minimum absolute atomic E-state index is 0.149. The van der Waals surface area contributed by atoms with Crippen LogP contribution in [0.4, 0.5) is 0 Å². The fourth-order valence-corrected chi connectivity index (χ4v) is 3.86. The van der Waals surface area contributed by atoms with E-state index in [-0.39, 0.29) is 12.5 Å². The summed E-state index contributed by atoms with van der Waals surface area (Å²) in [6.07, 6.45) is 0.233. The Balaban J connectivity index is 1.98. The largest absolute Gasteiger partial charge is 0.481 e. The van der Waals surface area contributed by atoms with Gasteiger partial charge in [0.25, 0.3) is 0 Å². The van der Waals surface area contributed by atoms with Gasteiger partial charge in [0.2, 0.25) is 0 Å². The third kappa shape index (κ3) is 3.69. The second kappa shape index (κ2) is 5.84. The molecule has 1 aliphatic heterocycles. The Morgan fingerprint density at radius 2 is 2.53 bits per heavy atom. The molecule has 0 aromatic carbocycles. The van der Waals surface area contributed by atoms with Crippen molar-refractivity contribution in [3.8, 4) is 0 Å². The van der Waals surface area contributed by atoms with Crippen LogP contribution in [0.5, 0.6) is 0 Å². The van der Waals surface area contributed by atoms with E-state index in [2.05, 4.69) is 9.88 Å². The summed E-state index contributed by atoms with van der Waals surface area (Å²) in [5, 5.41) is 12.0. The van der Waals surface area contributed by atoms with Crippen LogP contribution in [-0.2, 0) is 11.3 Å². The van der Waals surface area contributed by atoms with Crippen molar-refractivity contribution in [1.29, 1.82) is 0 Å². The number of thioether (sulfide) groups is 1. The van der Waals surface area contributed by atoms with Gasteiger partial charge in [0.15, 0.2) is 0 Å². The van der Waals surface area contributed by atoms with E-state index in [0.29, 0.717) is 0 Å². The summed E-state index contributed by atoms with van der Waals surface area (Å²) in [6, 6.07) is 0.149. The molecule has 17 heavy (non-hydrogen) atoms. The molecule has 1 aromatic heterocycles. The van der Waals surface area contributed by atoms with E-state index in [9.17, 15) is 4.79 Å². The molecule has 0 bridgehead atoms. The average molecular weight is 272 g/mol. The van der Waals surface area contributed by atoms with E-state index in [1.165, 1.54) is 0 Å². The predicted octanol–water partition coefficient (Wildman–Crippen LogP) is 1.84. The Morgan fingerprint density at radius 1 is 1.71 bits per heavy atom. The quantitative estimate of drug-likeness (QED) is 0.906. The van der Waals surface area contributed by atoms with Crippen molar-refractivity contribution in [2.24, 2.45) is 0 Å². The first-order chi connectivity index (χ1) is 8.15. The first-order valence-electron chi connectivity index (χ1n) is 5.60. The molecular weight excluding hydrogens is 256 g/mol. The van der Waals surface area contributed by atoms with Gasteiger partial charge in [0, 0.05) is 35.2 Å². The van der Waals surface area contributed by atoms with E-state index in [0.717, 1.165) is 35.3 Å². The van der Waals surface area contributed by atoms with Gasteiger partial charge < -0.3 is 5.11 Å². The summed E-state index contributed by atoms with van der Waals surface area (Å²) in [5.41, 5.74) is 1.05. The van der Waals surface area contributed by atoms with Crippen LogP contribution in [0.2, 0.25) is 0 Å². The zero-order chi connectivity index (χ0) is 12.3. The molecule has 2 rings (SSSR count). The molecule has 6 heteroatoms. The highest BCUT2D eigenvalue weighted by atomic mass is 32.2. The fourth-order valence-electron chi connectivity index (χ4n) is 1.94. The van der Waals surface area contributed by atoms with Gasteiger partial charge in [-0.1, -0.05) is 0 Å². The number of rotatable bonds is 4. The summed E-state index contributed by atoms with van der Waals surface area (Å²) < 4.78 is 0. The minimum atomic E-state index is -0.710. The van der Waals surface area contributed by atoms with E-state index >= 15 is 0 Å². The molecule has 1 atom stereocenters. The lowest BCUT2D eigenvalue weighted by atomic mass is 10.2. The minimum Gasteiger partial charge on any atom is -0.481 e. The number of carbonyl (C=O) groups is 1. The van der Waals surface area contributed by atoms with Crippen molar-refractivity contribution in [3.63, 3.8) is 0 Å². The lowest BCUT2D eigenvalue weighted by Crippen LogP contribution is -2.42. The molecule has 0 amide bonds. The van der Waals surface area contributed by atoms with Gasteiger partial charge in [-0.3, -0.25) is 9.69 Å². The second-order valence-electron chi connectivity index (χ2n) is 4.18. The second-order valence-corrected chi connectivity index (χ2v) is 6.27. The maximum atomic E-state index is 10.8. The van der Waals surface area contributed by atoms with E-state index < -0.39 is 5.97 Å². The van der Waals surface area contributed by atoms with Gasteiger partial charge in [-0.15, -0.1) is 11.3 Å². The summed E-state index contributed by atoms with van der Waals surface area (Å²) >= 11 is 3.50. The number of aliphatic carboxylic acids is 1. The van der Waals surface area contributed by atoms with Crippen LogP contribution < -0.4 is 0 Å². The lowest BCUT2D eigenvalue weighted by Gasteiger charge is -2.33. The topological polar surface area (TPSA) is 53.4 Å². The first kappa shape index (κ1) is 12.9. The van der Waals surface area contributed by atoms with Crippen molar-refractivity contribution in [3.05, 3.63) is 16.1 Å². The average Bonchev–Trinajstić information content (AvgIpc) is 2.66. The smallest absolute Gasteiger partial charge is 0.304 e. The van der Waals surface area contributed by atoms with E-state index in [4.69, 9.17) is 5.11 Å². The van der Waals surface area contributed by atoms with E-state index in [1.54, 1.807) is 11.3 Å². The van der Waals surface area contributed by atoms with Crippen molar-refractivity contribution < 1.29 is 9.90 Å². The van der Waals surface area contributed by atoms with Crippen LogP contribution in [0.1, 0.15) is 17.1 Å². The molecule has 0 spiro atoms. The van der Waals surface area contributed by atoms with E-state index in [1.807, 2.05) is 24.1 Å². The SMILES string of the molecule is Cc1csc(CN2CCSCC2CC(=O)O)n1. The summed E-state index contributed by atoms with van der Waals surface area (Å²) in [4.78, 5) is 17.5. The number of hydrogen-bond donors (Lipinski definition) is 1. The van der Waals surface area contributed by atoms with Crippen molar-refractivity contribution >= 4 is 29.1 Å². The maximum absolute atomic E-state index is 10.8. The van der Waals surface area contributed by atoms with Crippen LogP contribution in [-0.4, -0.2) is 45.1 Å². The maximum Gasteiger partial charge on any atom is 0.304 e. The molecule has 94 valence electrons. The Hall–Kier alpha value is -0.590. The summed E-state index contributed by atoms with van der Waals surface area (Å²) in [6.45, 7) is 3.74. The molecular formula is C11H16N2O2S2. The van der Waals surface area contributed by atoms with Crippen LogP contribution in [0, 0.1) is 6.92 Å². The van der Waals surface area contributed by atoms with Crippen molar-refractivity contribution in [1.82, 2.24) is 9.88 Å². The number of aromatic nitrogens is 1. The third-order valence-corrected chi connectivity index (χ3v) is 4.81. The van der Waals surface area contributed by atoms with Crippen LogP contribution >= 0.6 is 23.1 Å². The normalized spacial score (nSPS) is 21.6. The van der Waals surface area contributed by atoms with Gasteiger partial charge in [-0.2, -0.15) is 11.8 Å². The summed E-state index contributed by atoms with van der Waals surface area (Å²) in [5.74, 6) is 1.29. The van der Waals surface area contributed by atoms with Crippen LogP contribution in [0.3, 0.4) is 0 Å². The molecule has 0 saturated carbocycles. The van der Waals surface area contributed by atoms with Gasteiger partial charge in [-0.05, 0) is 6.92 Å². The van der Waals surface area contributed by atoms with Crippen molar-refractivity contribution in [2.75, 3.05) is 18.1 Å². The molecule has 1 fully saturated rings. The monoisotopic (exact) mass is 272 g/mol. The predicted molar refractivity (Wildman–Crippen MR) is 70.6 cm³/mol. The molecule has 2 heterocycles. The summed E-state index contributed by atoms with van der Waals surface area (Å²) in [7, 11) is 0. The first-order valence-corrected chi connectivity index (χ1v) is 7.63.